The molecule has 1 aliphatic heterocycles. The number of piperidine rings is 1. The van der Waals surface area contributed by atoms with E-state index >= 15 is 0 Å². The van der Waals surface area contributed by atoms with Crippen LogP contribution in [0.25, 0.3) is 11.6 Å². The summed E-state index contributed by atoms with van der Waals surface area (Å²) in [5, 5.41) is 31.9. The number of anilines is 1. The van der Waals surface area contributed by atoms with E-state index in [-0.39, 0.29) is 18.3 Å². The minimum Gasteiger partial charge on any atom is -0.388 e. The lowest BCUT2D eigenvalue weighted by molar-refractivity contribution is 0.0116. The van der Waals surface area contributed by atoms with Gasteiger partial charge < -0.3 is 19.6 Å². The molecule has 0 radical (unpaired) electrons. The van der Waals surface area contributed by atoms with Gasteiger partial charge in [-0.1, -0.05) is 35.5 Å². The van der Waals surface area contributed by atoms with Crippen LogP contribution in [-0.2, 0) is 12.2 Å². The fourth-order valence-electron chi connectivity index (χ4n) is 3.17. The first kappa shape index (κ1) is 16.6. The summed E-state index contributed by atoms with van der Waals surface area (Å²) >= 11 is 0. The van der Waals surface area contributed by atoms with E-state index in [9.17, 15) is 5.11 Å². The number of hydrogen-bond acceptors (Lipinski definition) is 8. The Morgan fingerprint density at radius 3 is 2.42 bits per heavy atom. The van der Waals surface area contributed by atoms with Crippen LogP contribution in [0, 0.1) is 0 Å². The molecule has 8 heteroatoms. The van der Waals surface area contributed by atoms with Crippen molar-refractivity contribution in [3.63, 3.8) is 0 Å². The number of aliphatic hydroxyl groups is 2. The highest BCUT2D eigenvalue weighted by Crippen LogP contribution is 2.33. The van der Waals surface area contributed by atoms with Gasteiger partial charge >= 0.3 is 0 Å². The highest BCUT2D eigenvalue weighted by molar-refractivity contribution is 5.49. The van der Waals surface area contributed by atoms with Crippen molar-refractivity contribution < 1.29 is 14.7 Å². The van der Waals surface area contributed by atoms with Crippen LogP contribution in [-0.4, -0.2) is 43.6 Å². The minimum atomic E-state index is -0.796. The van der Waals surface area contributed by atoms with E-state index in [2.05, 4.69) is 25.2 Å². The van der Waals surface area contributed by atoms with E-state index in [0.717, 1.165) is 11.4 Å². The molecule has 3 heterocycles. The van der Waals surface area contributed by atoms with Crippen LogP contribution in [0.1, 0.15) is 24.2 Å². The van der Waals surface area contributed by atoms with Crippen LogP contribution < -0.4 is 4.90 Å². The minimum absolute atomic E-state index is 0.210. The highest BCUT2D eigenvalue weighted by atomic mass is 16.5. The molecule has 1 saturated heterocycles. The zero-order chi connectivity index (χ0) is 18.0. The third-order valence-corrected chi connectivity index (χ3v) is 4.70. The van der Waals surface area contributed by atoms with Gasteiger partial charge in [0, 0.05) is 13.1 Å². The summed E-state index contributed by atoms with van der Waals surface area (Å²) in [6.07, 6.45) is 1.26. The molecule has 8 nitrogen and oxygen atoms in total. The normalized spacial score (nSPS) is 16.6. The molecule has 1 aliphatic rings. The van der Waals surface area contributed by atoms with E-state index in [1.807, 2.05) is 36.4 Å². The van der Waals surface area contributed by atoms with Crippen molar-refractivity contribution in [3.05, 3.63) is 53.9 Å². The summed E-state index contributed by atoms with van der Waals surface area (Å²) in [6.45, 7) is 1.09. The van der Waals surface area contributed by atoms with Crippen molar-refractivity contribution in [3.8, 4) is 11.6 Å². The summed E-state index contributed by atoms with van der Waals surface area (Å²) in [6, 6.07) is 13.4. The van der Waals surface area contributed by atoms with Crippen molar-refractivity contribution in [2.45, 2.75) is 25.0 Å². The zero-order valence-corrected chi connectivity index (χ0v) is 14.1. The van der Waals surface area contributed by atoms with Crippen molar-refractivity contribution >= 4 is 5.82 Å². The molecule has 0 unspecified atom stereocenters. The zero-order valence-electron chi connectivity index (χ0n) is 14.1. The maximum absolute atomic E-state index is 10.9. The highest BCUT2D eigenvalue weighted by Gasteiger charge is 2.34. The van der Waals surface area contributed by atoms with Crippen molar-refractivity contribution in [1.29, 1.82) is 0 Å². The van der Waals surface area contributed by atoms with Crippen LogP contribution in [0.4, 0.5) is 5.82 Å². The molecule has 0 atom stereocenters. The standard InChI is InChI=1S/C18H19N5O3/c24-12-15-19-17(26-22-15)14-6-7-16(21-20-14)23-10-8-18(25,9-11-23)13-4-2-1-3-5-13/h1-7,24-25H,8-12H2. The first-order valence-electron chi connectivity index (χ1n) is 8.48. The molecule has 0 spiro atoms. The molecule has 2 aromatic heterocycles. The van der Waals surface area contributed by atoms with E-state index in [1.54, 1.807) is 6.07 Å². The molecule has 1 aromatic carbocycles. The van der Waals surface area contributed by atoms with E-state index in [4.69, 9.17) is 9.63 Å². The average Bonchev–Trinajstić information content (AvgIpc) is 3.19. The maximum Gasteiger partial charge on any atom is 0.278 e. The summed E-state index contributed by atoms with van der Waals surface area (Å²) in [5.74, 6) is 1.18. The Morgan fingerprint density at radius 2 is 1.81 bits per heavy atom. The topological polar surface area (TPSA) is 108 Å². The van der Waals surface area contributed by atoms with Gasteiger partial charge in [-0.05, 0) is 30.5 Å². The van der Waals surface area contributed by atoms with E-state index < -0.39 is 5.60 Å². The van der Waals surface area contributed by atoms with Crippen molar-refractivity contribution in [1.82, 2.24) is 20.3 Å². The fraction of sp³-hybridized carbons (Fsp3) is 0.333. The Labute approximate surface area is 150 Å². The summed E-state index contributed by atoms with van der Waals surface area (Å²) < 4.78 is 5.03. The molecule has 0 aliphatic carbocycles. The van der Waals surface area contributed by atoms with Gasteiger partial charge in [0.2, 0.25) is 0 Å². The molecule has 26 heavy (non-hydrogen) atoms. The van der Waals surface area contributed by atoms with Gasteiger partial charge in [-0.2, -0.15) is 4.98 Å². The molecule has 1 fully saturated rings. The molecule has 3 aromatic rings. The lowest BCUT2D eigenvalue weighted by Gasteiger charge is -2.38. The Hall–Kier alpha value is -2.84. The molecule has 134 valence electrons. The van der Waals surface area contributed by atoms with E-state index in [1.165, 1.54) is 0 Å². The Bertz CT molecular complexity index is 858. The van der Waals surface area contributed by atoms with Crippen LogP contribution in [0.15, 0.2) is 47.0 Å². The second kappa shape index (κ2) is 6.81. The van der Waals surface area contributed by atoms with Gasteiger partial charge in [-0.25, -0.2) is 0 Å². The number of aliphatic hydroxyl groups excluding tert-OH is 1. The van der Waals surface area contributed by atoms with Crippen molar-refractivity contribution in [2.24, 2.45) is 0 Å². The predicted molar refractivity (Wildman–Crippen MR) is 93.0 cm³/mol. The molecule has 0 saturated carbocycles. The SMILES string of the molecule is OCc1noc(-c2ccc(N3CCC(O)(c4ccccc4)CC3)nn2)n1. The van der Waals surface area contributed by atoms with Crippen LogP contribution in [0.2, 0.25) is 0 Å². The van der Waals surface area contributed by atoms with Crippen molar-refractivity contribution in [2.75, 3.05) is 18.0 Å². The average molecular weight is 353 g/mol. The predicted octanol–water partition coefficient (Wildman–Crippen LogP) is 1.51. The third-order valence-electron chi connectivity index (χ3n) is 4.70. The molecule has 0 amide bonds. The second-order valence-electron chi connectivity index (χ2n) is 6.34. The molecular weight excluding hydrogens is 334 g/mol. The Kier molecular flexibility index (Phi) is 4.36. The van der Waals surface area contributed by atoms with E-state index in [0.29, 0.717) is 31.6 Å². The number of benzene rings is 1. The van der Waals surface area contributed by atoms with Gasteiger partial charge in [-0.3, -0.25) is 0 Å². The number of aromatic nitrogens is 4. The number of rotatable bonds is 4. The first-order valence-corrected chi connectivity index (χ1v) is 8.48. The van der Waals surface area contributed by atoms with Gasteiger partial charge in [0.1, 0.15) is 6.61 Å². The lowest BCUT2D eigenvalue weighted by atomic mass is 9.84. The Morgan fingerprint density at radius 1 is 1.04 bits per heavy atom. The smallest absolute Gasteiger partial charge is 0.278 e. The number of nitrogens with zero attached hydrogens (tertiary/aromatic N) is 5. The van der Waals surface area contributed by atoms with Gasteiger partial charge in [-0.15, -0.1) is 10.2 Å². The van der Waals surface area contributed by atoms with Gasteiger partial charge in [0.15, 0.2) is 17.3 Å². The lowest BCUT2D eigenvalue weighted by Crippen LogP contribution is -2.43. The molecule has 2 N–H and O–H groups in total. The Balaban J connectivity index is 1.45. The van der Waals surface area contributed by atoms with Gasteiger partial charge in [0.05, 0.1) is 5.60 Å². The quantitative estimate of drug-likeness (QED) is 0.726. The summed E-state index contributed by atoms with van der Waals surface area (Å²) in [7, 11) is 0. The fourth-order valence-corrected chi connectivity index (χ4v) is 3.17. The third kappa shape index (κ3) is 3.16. The molecule has 0 bridgehead atoms. The molecular formula is C18H19N5O3. The van der Waals surface area contributed by atoms with Crippen LogP contribution in [0.3, 0.4) is 0 Å². The monoisotopic (exact) mass is 353 g/mol. The first-order chi connectivity index (χ1) is 12.7. The second-order valence-corrected chi connectivity index (χ2v) is 6.34. The largest absolute Gasteiger partial charge is 0.388 e. The summed E-state index contributed by atoms with van der Waals surface area (Å²) in [5.41, 5.74) is 0.617. The number of hydrogen-bond donors (Lipinski definition) is 2. The van der Waals surface area contributed by atoms with Gasteiger partial charge in [0.25, 0.3) is 5.89 Å². The molecule has 4 rings (SSSR count). The summed E-state index contributed by atoms with van der Waals surface area (Å²) in [4.78, 5) is 6.12. The maximum atomic E-state index is 10.9. The van der Waals surface area contributed by atoms with Crippen LogP contribution in [0.5, 0.6) is 0 Å². The van der Waals surface area contributed by atoms with Crippen LogP contribution >= 0.6 is 0 Å².